The molecular weight excluding hydrogens is 485 g/mol. The minimum absolute atomic E-state index is 0.0322. The SMILES string of the molecule is Cc1cc(N2C(=S)N[C@H](c3ccccn3)[C@@H]2c2cccn2-c2cccc(F)c2)ccc1NC(=O)C(C)C. The molecule has 1 saturated heterocycles. The highest BCUT2D eigenvalue weighted by atomic mass is 32.1. The Morgan fingerprint density at radius 1 is 1.05 bits per heavy atom. The quantitative estimate of drug-likeness (QED) is 0.306. The molecule has 2 N–H and O–H groups in total. The van der Waals surface area contributed by atoms with Crippen LogP contribution in [0.4, 0.5) is 15.8 Å². The summed E-state index contributed by atoms with van der Waals surface area (Å²) < 4.78 is 16.1. The van der Waals surface area contributed by atoms with Gasteiger partial charge in [-0.1, -0.05) is 26.0 Å². The zero-order valence-corrected chi connectivity index (χ0v) is 21.7. The van der Waals surface area contributed by atoms with E-state index in [0.29, 0.717) is 5.11 Å². The number of carbonyl (C=O) groups is 1. The molecule has 0 spiro atoms. The largest absolute Gasteiger partial charge is 0.351 e. The van der Waals surface area contributed by atoms with Crippen molar-refractivity contribution in [3.63, 3.8) is 0 Å². The lowest BCUT2D eigenvalue weighted by molar-refractivity contribution is -0.118. The first-order valence-corrected chi connectivity index (χ1v) is 12.6. The minimum atomic E-state index is -0.301. The monoisotopic (exact) mass is 513 g/mol. The third kappa shape index (κ3) is 4.84. The highest BCUT2D eigenvalue weighted by Gasteiger charge is 2.42. The molecular formula is C29H28FN5OS. The molecule has 8 heteroatoms. The predicted octanol–water partition coefficient (Wildman–Crippen LogP) is 6.09. The Morgan fingerprint density at radius 3 is 2.59 bits per heavy atom. The van der Waals surface area contributed by atoms with E-state index in [1.165, 1.54) is 12.1 Å². The van der Waals surface area contributed by atoms with E-state index in [4.69, 9.17) is 12.2 Å². The van der Waals surface area contributed by atoms with Gasteiger partial charge in [0.25, 0.3) is 0 Å². The number of nitrogens with one attached hydrogen (secondary N) is 2. The Bertz CT molecular complexity index is 1450. The summed E-state index contributed by atoms with van der Waals surface area (Å²) in [5, 5.41) is 7.02. The van der Waals surface area contributed by atoms with Gasteiger partial charge >= 0.3 is 0 Å². The van der Waals surface area contributed by atoms with Crippen molar-refractivity contribution in [1.82, 2.24) is 14.9 Å². The molecule has 5 rings (SSSR count). The lowest BCUT2D eigenvalue weighted by Crippen LogP contribution is -2.30. The van der Waals surface area contributed by atoms with Gasteiger partial charge in [0.05, 0.1) is 11.7 Å². The highest BCUT2D eigenvalue weighted by Crippen LogP contribution is 2.43. The maximum absolute atomic E-state index is 14.1. The Hall–Kier alpha value is -4.04. The van der Waals surface area contributed by atoms with Crippen LogP contribution in [0, 0.1) is 18.7 Å². The normalized spacial score (nSPS) is 17.2. The van der Waals surface area contributed by atoms with Gasteiger partial charge in [0.1, 0.15) is 11.9 Å². The van der Waals surface area contributed by atoms with E-state index < -0.39 is 0 Å². The molecule has 0 bridgehead atoms. The van der Waals surface area contributed by atoms with Crippen LogP contribution in [0.3, 0.4) is 0 Å². The van der Waals surface area contributed by atoms with Crippen molar-refractivity contribution in [1.29, 1.82) is 0 Å². The zero-order valence-electron chi connectivity index (χ0n) is 20.9. The van der Waals surface area contributed by atoms with Gasteiger partial charge in [-0.05, 0) is 85.4 Å². The Labute approximate surface area is 221 Å². The van der Waals surface area contributed by atoms with Crippen LogP contribution < -0.4 is 15.5 Å². The van der Waals surface area contributed by atoms with Gasteiger partial charge in [-0.15, -0.1) is 0 Å². The smallest absolute Gasteiger partial charge is 0.226 e. The van der Waals surface area contributed by atoms with Gasteiger partial charge in [-0.3, -0.25) is 9.78 Å². The number of hydrogen-bond acceptors (Lipinski definition) is 3. The molecule has 3 heterocycles. The molecule has 6 nitrogen and oxygen atoms in total. The topological polar surface area (TPSA) is 62.2 Å². The summed E-state index contributed by atoms with van der Waals surface area (Å²) in [6, 6.07) is 21.7. The Morgan fingerprint density at radius 2 is 1.89 bits per heavy atom. The highest BCUT2D eigenvalue weighted by molar-refractivity contribution is 7.80. The average molecular weight is 514 g/mol. The maximum atomic E-state index is 14.1. The number of halogens is 1. The van der Waals surface area contributed by atoms with Crippen LogP contribution in [0.15, 0.2) is 85.2 Å². The van der Waals surface area contributed by atoms with E-state index in [1.807, 2.05) is 86.1 Å². The summed E-state index contributed by atoms with van der Waals surface area (Å²) in [5.74, 6) is -0.450. The standard InChI is InChI=1S/C29H28FN5OS/c1-18(2)28(36)32-23-13-12-22(16-19(23)3)35-27(26(33-29(35)37)24-10-4-5-14-31-24)25-11-7-15-34(25)21-9-6-8-20(30)17-21/h4-18,26-27H,1-3H3,(H,32,36)(H,33,37)/t26-,27+/m1/s1. The molecule has 2 atom stereocenters. The fourth-order valence-electron chi connectivity index (χ4n) is 4.64. The van der Waals surface area contributed by atoms with Crippen LogP contribution in [-0.4, -0.2) is 20.6 Å². The number of aromatic nitrogens is 2. The number of hydrogen-bond donors (Lipinski definition) is 2. The Kier molecular flexibility index (Phi) is 6.76. The number of carbonyl (C=O) groups excluding carboxylic acids is 1. The lowest BCUT2D eigenvalue weighted by Gasteiger charge is -2.29. The predicted molar refractivity (Wildman–Crippen MR) is 148 cm³/mol. The molecule has 0 unspecified atom stereocenters. The van der Waals surface area contributed by atoms with Gasteiger partial charge in [-0.2, -0.15) is 0 Å². The molecule has 0 saturated carbocycles. The second-order valence-electron chi connectivity index (χ2n) is 9.42. The van der Waals surface area contributed by atoms with E-state index in [-0.39, 0.29) is 29.7 Å². The second-order valence-corrected chi connectivity index (χ2v) is 9.81. The number of benzene rings is 2. The van der Waals surface area contributed by atoms with Crippen LogP contribution in [-0.2, 0) is 4.79 Å². The molecule has 0 radical (unpaired) electrons. The molecule has 2 aromatic heterocycles. The second kappa shape index (κ2) is 10.1. The van der Waals surface area contributed by atoms with Crippen LogP contribution in [0.5, 0.6) is 0 Å². The van der Waals surface area contributed by atoms with Gasteiger partial charge < -0.3 is 20.1 Å². The fourth-order valence-corrected chi connectivity index (χ4v) is 4.99. The number of amides is 1. The lowest BCUT2D eigenvalue weighted by atomic mass is 10.00. The van der Waals surface area contributed by atoms with Crippen molar-refractivity contribution in [3.8, 4) is 5.69 Å². The fraction of sp³-hybridized carbons (Fsp3) is 0.207. The third-order valence-electron chi connectivity index (χ3n) is 6.54. The van der Waals surface area contributed by atoms with E-state index in [9.17, 15) is 9.18 Å². The van der Waals surface area contributed by atoms with E-state index in [0.717, 1.165) is 34.0 Å². The molecule has 4 aromatic rings. The van der Waals surface area contributed by atoms with Crippen LogP contribution >= 0.6 is 12.2 Å². The first-order chi connectivity index (χ1) is 17.8. The Balaban J connectivity index is 1.60. The third-order valence-corrected chi connectivity index (χ3v) is 6.85. The number of rotatable bonds is 6. The van der Waals surface area contributed by atoms with Crippen LogP contribution in [0.1, 0.15) is 42.9 Å². The van der Waals surface area contributed by atoms with Crippen LogP contribution in [0.25, 0.3) is 5.69 Å². The molecule has 1 fully saturated rings. The van der Waals surface area contributed by atoms with Crippen molar-refractivity contribution in [2.45, 2.75) is 32.9 Å². The first kappa shape index (κ1) is 24.6. The summed E-state index contributed by atoms with van der Waals surface area (Å²) in [6.07, 6.45) is 3.69. The van der Waals surface area contributed by atoms with Crippen molar-refractivity contribution < 1.29 is 9.18 Å². The minimum Gasteiger partial charge on any atom is -0.351 e. The first-order valence-electron chi connectivity index (χ1n) is 12.2. The van der Waals surface area contributed by atoms with Crippen molar-refractivity contribution in [2.24, 2.45) is 5.92 Å². The summed E-state index contributed by atoms with van der Waals surface area (Å²) in [4.78, 5) is 19.0. The molecule has 1 aliphatic heterocycles. The van der Waals surface area contributed by atoms with Gasteiger partial charge in [-0.25, -0.2) is 4.39 Å². The summed E-state index contributed by atoms with van der Waals surface area (Å²) in [5.41, 5.74) is 5.08. The van der Waals surface area contributed by atoms with Gasteiger partial charge in [0, 0.05) is 41.1 Å². The number of anilines is 2. The van der Waals surface area contributed by atoms with Crippen molar-refractivity contribution in [2.75, 3.05) is 10.2 Å². The van der Waals surface area contributed by atoms with Gasteiger partial charge in [0.2, 0.25) is 5.91 Å². The summed E-state index contributed by atoms with van der Waals surface area (Å²) in [7, 11) is 0. The molecule has 2 aromatic carbocycles. The van der Waals surface area contributed by atoms with E-state index in [2.05, 4.69) is 20.5 Å². The average Bonchev–Trinajstić information content (AvgIpc) is 3.50. The van der Waals surface area contributed by atoms with E-state index >= 15 is 0 Å². The summed E-state index contributed by atoms with van der Waals surface area (Å²) >= 11 is 5.86. The van der Waals surface area contributed by atoms with E-state index in [1.54, 1.807) is 12.3 Å². The number of nitrogens with zero attached hydrogens (tertiary/aromatic N) is 3. The molecule has 1 amide bonds. The molecule has 188 valence electrons. The number of thiocarbonyl (C=S) groups is 1. The molecule has 0 aliphatic carbocycles. The van der Waals surface area contributed by atoms with Crippen molar-refractivity contribution >= 4 is 34.6 Å². The number of aryl methyl sites for hydroxylation is 1. The van der Waals surface area contributed by atoms with Crippen LogP contribution in [0.2, 0.25) is 0 Å². The van der Waals surface area contributed by atoms with Gasteiger partial charge in [0.15, 0.2) is 5.11 Å². The maximum Gasteiger partial charge on any atom is 0.226 e. The summed E-state index contributed by atoms with van der Waals surface area (Å²) in [6.45, 7) is 5.69. The van der Waals surface area contributed by atoms with Crippen molar-refractivity contribution in [3.05, 3.63) is 108 Å². The molecule has 1 aliphatic rings. The number of pyridine rings is 1. The zero-order chi connectivity index (χ0) is 26.1. The molecule has 37 heavy (non-hydrogen) atoms.